The van der Waals surface area contributed by atoms with E-state index in [1.165, 1.54) is 37.7 Å². The highest BCUT2D eigenvalue weighted by molar-refractivity contribution is 7.99. The molecular formula is C31H48N4O3S2. The molecule has 7 nitrogen and oxygen atoms in total. The molecule has 0 radical (unpaired) electrons. The van der Waals surface area contributed by atoms with Crippen LogP contribution >= 0.6 is 24.0 Å². The van der Waals surface area contributed by atoms with Crippen molar-refractivity contribution < 1.29 is 14.3 Å². The molecule has 2 saturated heterocycles. The Bertz CT molecular complexity index is 973. The topological polar surface area (TPSA) is 73.9 Å². The Labute approximate surface area is 250 Å². The van der Waals surface area contributed by atoms with E-state index in [9.17, 15) is 9.59 Å². The molecular weight excluding hydrogens is 541 g/mol. The van der Waals surface area contributed by atoms with Crippen LogP contribution in [0, 0.1) is 5.92 Å². The average molecular weight is 589 g/mol. The number of nitrogens with zero attached hydrogens (tertiary/aromatic N) is 2. The van der Waals surface area contributed by atoms with Gasteiger partial charge in [0.25, 0.3) is 0 Å². The molecule has 2 atom stereocenters. The quantitative estimate of drug-likeness (QED) is 0.357. The summed E-state index contributed by atoms with van der Waals surface area (Å²) in [6.07, 6.45) is 10.0. The molecule has 4 rings (SSSR count). The Morgan fingerprint density at radius 1 is 1.07 bits per heavy atom. The molecule has 0 unspecified atom stereocenters. The van der Waals surface area contributed by atoms with Crippen LogP contribution in [-0.2, 0) is 16.1 Å². The first-order chi connectivity index (χ1) is 19.2. The SMILES string of the molecule is CC(C)(C)OC(=O)N1CSC[C@@H]1C(=O)N[C@@H](CCC1CCCCC1)C(=S)NC1CCN(Cc2ccccc2)CC1. The lowest BCUT2D eigenvalue weighted by Gasteiger charge is -2.35. The first kappa shape index (κ1) is 31.1. The zero-order valence-electron chi connectivity index (χ0n) is 24.5. The van der Waals surface area contributed by atoms with Gasteiger partial charge in [0.05, 0.1) is 16.9 Å². The summed E-state index contributed by atoms with van der Waals surface area (Å²) < 4.78 is 5.58. The van der Waals surface area contributed by atoms with Gasteiger partial charge in [0.2, 0.25) is 5.91 Å². The van der Waals surface area contributed by atoms with Crippen LogP contribution in [0.15, 0.2) is 30.3 Å². The number of carbonyl (C=O) groups is 2. The zero-order valence-corrected chi connectivity index (χ0v) is 26.2. The molecule has 0 spiro atoms. The van der Waals surface area contributed by atoms with Crippen LogP contribution in [0.1, 0.15) is 84.1 Å². The largest absolute Gasteiger partial charge is 0.444 e. The van der Waals surface area contributed by atoms with Crippen molar-refractivity contribution in [1.29, 1.82) is 0 Å². The normalized spacial score (nSPS) is 22.1. The lowest BCUT2D eigenvalue weighted by atomic mass is 9.85. The van der Waals surface area contributed by atoms with Gasteiger partial charge in [0.1, 0.15) is 11.6 Å². The van der Waals surface area contributed by atoms with Crippen molar-refractivity contribution in [2.75, 3.05) is 24.7 Å². The molecule has 9 heteroatoms. The number of thioether (sulfide) groups is 1. The van der Waals surface area contributed by atoms with Gasteiger partial charge in [0, 0.05) is 31.4 Å². The molecule has 222 valence electrons. The lowest BCUT2D eigenvalue weighted by Crippen LogP contribution is -2.55. The Balaban J connectivity index is 1.33. The van der Waals surface area contributed by atoms with Crippen LogP contribution < -0.4 is 10.6 Å². The number of benzene rings is 1. The summed E-state index contributed by atoms with van der Waals surface area (Å²) in [5, 5.41) is 6.89. The van der Waals surface area contributed by atoms with Gasteiger partial charge in [-0.25, -0.2) is 4.79 Å². The second kappa shape index (κ2) is 14.9. The highest BCUT2D eigenvalue weighted by atomic mass is 32.2. The van der Waals surface area contributed by atoms with E-state index in [0.717, 1.165) is 50.3 Å². The van der Waals surface area contributed by atoms with Gasteiger partial charge in [-0.1, -0.05) is 74.7 Å². The maximum absolute atomic E-state index is 13.5. The van der Waals surface area contributed by atoms with E-state index >= 15 is 0 Å². The molecule has 2 heterocycles. The van der Waals surface area contributed by atoms with Gasteiger partial charge >= 0.3 is 6.09 Å². The Morgan fingerprint density at radius 2 is 1.77 bits per heavy atom. The van der Waals surface area contributed by atoms with Crippen LogP contribution in [0.5, 0.6) is 0 Å². The minimum Gasteiger partial charge on any atom is -0.444 e. The predicted octanol–water partition coefficient (Wildman–Crippen LogP) is 5.72. The maximum atomic E-state index is 13.5. The Kier molecular flexibility index (Phi) is 11.6. The van der Waals surface area contributed by atoms with Crippen molar-refractivity contribution in [3.05, 3.63) is 35.9 Å². The number of hydrogen-bond donors (Lipinski definition) is 2. The van der Waals surface area contributed by atoms with E-state index in [-0.39, 0.29) is 11.9 Å². The number of piperidine rings is 1. The number of nitrogens with one attached hydrogen (secondary N) is 2. The third kappa shape index (κ3) is 9.62. The second-order valence-corrected chi connectivity index (χ2v) is 14.1. The summed E-state index contributed by atoms with van der Waals surface area (Å²) in [5.41, 5.74) is 0.746. The van der Waals surface area contributed by atoms with Crippen LogP contribution in [0.2, 0.25) is 0 Å². The standard InChI is InChI=1S/C31H48N4O3S2/c1-31(2,3)38-30(37)35-22-40-21-27(35)28(36)33-26(15-14-23-10-6-4-7-11-23)29(39)32-25-16-18-34(19-17-25)20-24-12-8-5-9-13-24/h5,8-9,12-13,23,25-27H,4,6-7,10-11,14-22H2,1-3H3,(H,32,39)(H,33,36)/t26-,27+/m0/s1. The first-order valence-corrected chi connectivity index (χ1v) is 16.7. The van der Waals surface area contributed by atoms with E-state index in [0.29, 0.717) is 23.6 Å². The van der Waals surface area contributed by atoms with Crippen molar-refractivity contribution in [3.8, 4) is 0 Å². The van der Waals surface area contributed by atoms with Crippen molar-refractivity contribution in [2.24, 2.45) is 5.92 Å². The third-order valence-corrected chi connectivity index (χ3v) is 9.63. The smallest absolute Gasteiger partial charge is 0.411 e. The Morgan fingerprint density at radius 3 is 2.45 bits per heavy atom. The summed E-state index contributed by atoms with van der Waals surface area (Å²) in [5.74, 6) is 1.61. The van der Waals surface area contributed by atoms with Crippen LogP contribution in [-0.4, -0.2) is 75.2 Å². The van der Waals surface area contributed by atoms with Gasteiger partial charge in [-0.3, -0.25) is 14.6 Å². The Hall–Kier alpha value is -1.84. The zero-order chi connectivity index (χ0) is 28.5. The van der Waals surface area contributed by atoms with Crippen molar-refractivity contribution in [2.45, 2.75) is 109 Å². The summed E-state index contributed by atoms with van der Waals surface area (Å²) in [4.78, 5) is 31.1. The number of likely N-dealkylation sites (tertiary alicyclic amines) is 1. The summed E-state index contributed by atoms with van der Waals surface area (Å²) in [7, 11) is 0. The highest BCUT2D eigenvalue weighted by Gasteiger charge is 2.38. The first-order valence-electron chi connectivity index (χ1n) is 15.1. The highest BCUT2D eigenvalue weighted by Crippen LogP contribution is 2.28. The molecule has 2 aliphatic heterocycles. The molecule has 0 bridgehead atoms. The van der Waals surface area contributed by atoms with Crippen molar-refractivity contribution >= 4 is 41.0 Å². The molecule has 1 aromatic carbocycles. The van der Waals surface area contributed by atoms with Crippen LogP contribution in [0.3, 0.4) is 0 Å². The predicted molar refractivity (Wildman–Crippen MR) is 167 cm³/mol. The van der Waals surface area contributed by atoms with E-state index in [1.54, 1.807) is 16.7 Å². The molecule has 3 fully saturated rings. The molecule has 1 saturated carbocycles. The lowest BCUT2D eigenvalue weighted by molar-refractivity contribution is -0.125. The van der Waals surface area contributed by atoms with E-state index in [2.05, 4.69) is 45.9 Å². The van der Waals surface area contributed by atoms with Crippen molar-refractivity contribution in [3.63, 3.8) is 0 Å². The van der Waals surface area contributed by atoms with Gasteiger partial charge in [0.15, 0.2) is 0 Å². The summed E-state index contributed by atoms with van der Waals surface area (Å²) in [6, 6.07) is 10.2. The van der Waals surface area contributed by atoms with Gasteiger partial charge in [-0.15, -0.1) is 11.8 Å². The fourth-order valence-corrected chi connectivity index (χ4v) is 7.44. The minimum absolute atomic E-state index is 0.133. The fourth-order valence-electron chi connectivity index (χ4n) is 5.95. The molecule has 40 heavy (non-hydrogen) atoms. The fraction of sp³-hybridized carbons (Fsp3) is 0.710. The van der Waals surface area contributed by atoms with Crippen LogP contribution in [0.25, 0.3) is 0 Å². The number of amides is 2. The molecule has 3 aliphatic rings. The van der Waals surface area contributed by atoms with E-state index in [1.807, 2.05) is 20.8 Å². The molecule has 1 aliphatic carbocycles. The second-order valence-electron chi connectivity index (χ2n) is 12.7. The molecule has 1 aromatic rings. The monoisotopic (exact) mass is 588 g/mol. The third-order valence-electron chi connectivity index (χ3n) is 8.22. The molecule has 2 amide bonds. The van der Waals surface area contributed by atoms with Crippen molar-refractivity contribution in [1.82, 2.24) is 20.4 Å². The molecule has 2 N–H and O–H groups in total. The average Bonchev–Trinajstić information content (AvgIpc) is 3.43. The summed E-state index contributed by atoms with van der Waals surface area (Å²) in [6.45, 7) is 8.57. The van der Waals surface area contributed by atoms with Gasteiger partial charge < -0.3 is 15.4 Å². The minimum atomic E-state index is -0.601. The number of carbonyl (C=O) groups excluding carboxylic acids is 2. The van der Waals surface area contributed by atoms with Gasteiger partial charge in [-0.05, 0) is 57.9 Å². The number of rotatable bonds is 9. The van der Waals surface area contributed by atoms with Crippen LogP contribution in [0.4, 0.5) is 4.79 Å². The number of thiocarbonyl (C=S) groups is 1. The maximum Gasteiger partial charge on any atom is 0.411 e. The van der Waals surface area contributed by atoms with E-state index < -0.39 is 17.7 Å². The number of hydrogen-bond acceptors (Lipinski definition) is 6. The van der Waals surface area contributed by atoms with Gasteiger partial charge in [-0.2, -0.15) is 0 Å². The number of ether oxygens (including phenoxy) is 1. The van der Waals surface area contributed by atoms with E-state index in [4.69, 9.17) is 17.0 Å². The summed E-state index contributed by atoms with van der Waals surface area (Å²) >= 11 is 7.54. The molecule has 0 aromatic heterocycles.